The second kappa shape index (κ2) is 6.61. The van der Waals surface area contributed by atoms with Gasteiger partial charge in [-0.3, -0.25) is 0 Å². The van der Waals surface area contributed by atoms with E-state index >= 15 is 0 Å². The molecule has 1 saturated carbocycles. The van der Waals surface area contributed by atoms with Crippen molar-refractivity contribution in [3.05, 3.63) is 59.9 Å². The summed E-state index contributed by atoms with van der Waals surface area (Å²) in [5.74, 6) is 1.15. The van der Waals surface area contributed by atoms with E-state index < -0.39 is 0 Å². The Morgan fingerprint density at radius 1 is 0.952 bits per heavy atom. The van der Waals surface area contributed by atoms with E-state index in [1.807, 2.05) is 12.1 Å². The molecular formula is C18H20FNO. The second-order valence-electron chi connectivity index (χ2n) is 5.62. The van der Waals surface area contributed by atoms with Crippen LogP contribution in [0.3, 0.4) is 0 Å². The van der Waals surface area contributed by atoms with Gasteiger partial charge in [0.25, 0.3) is 0 Å². The Balaban J connectivity index is 1.59. The zero-order chi connectivity index (χ0) is 14.5. The summed E-state index contributed by atoms with van der Waals surface area (Å²) in [5, 5.41) is 0. The number of halogens is 1. The molecule has 0 spiro atoms. The van der Waals surface area contributed by atoms with Crippen molar-refractivity contribution >= 4 is 5.69 Å². The third-order valence-corrected chi connectivity index (χ3v) is 4.07. The van der Waals surface area contributed by atoms with E-state index in [-0.39, 0.29) is 5.82 Å². The lowest BCUT2D eigenvalue weighted by Gasteiger charge is -2.22. The van der Waals surface area contributed by atoms with Gasteiger partial charge in [-0.05, 0) is 48.6 Å². The molecule has 1 fully saturated rings. The molecule has 0 radical (unpaired) electrons. The third-order valence-electron chi connectivity index (χ3n) is 4.07. The zero-order valence-electron chi connectivity index (χ0n) is 12.0. The van der Waals surface area contributed by atoms with Crippen LogP contribution in [0.4, 0.5) is 10.1 Å². The smallest absolute Gasteiger partial charge is 0.155 e. The maximum Gasteiger partial charge on any atom is 0.155 e. The van der Waals surface area contributed by atoms with E-state index in [1.54, 1.807) is 12.1 Å². The first kappa shape index (κ1) is 13.9. The third kappa shape index (κ3) is 3.75. The molecule has 0 heterocycles. The SMILES string of the molecule is Fc1cccc(NOc2ccc(C3CCCCC3)cc2)c1. The van der Waals surface area contributed by atoms with E-state index in [4.69, 9.17) is 4.84 Å². The van der Waals surface area contributed by atoms with Crippen LogP contribution >= 0.6 is 0 Å². The molecule has 2 aromatic rings. The highest BCUT2D eigenvalue weighted by Crippen LogP contribution is 2.33. The molecule has 0 aromatic heterocycles. The van der Waals surface area contributed by atoms with Gasteiger partial charge >= 0.3 is 0 Å². The molecule has 2 aromatic carbocycles. The molecule has 0 aliphatic heterocycles. The fourth-order valence-corrected chi connectivity index (χ4v) is 2.91. The van der Waals surface area contributed by atoms with Crippen LogP contribution in [0.1, 0.15) is 43.6 Å². The molecule has 1 N–H and O–H groups in total. The van der Waals surface area contributed by atoms with Crippen LogP contribution in [-0.2, 0) is 0 Å². The highest BCUT2D eigenvalue weighted by molar-refractivity contribution is 5.42. The lowest BCUT2D eigenvalue weighted by atomic mass is 9.84. The highest BCUT2D eigenvalue weighted by atomic mass is 19.1. The zero-order valence-corrected chi connectivity index (χ0v) is 12.0. The predicted octanol–water partition coefficient (Wildman–Crippen LogP) is 5.28. The van der Waals surface area contributed by atoms with Crippen molar-refractivity contribution in [3.63, 3.8) is 0 Å². The van der Waals surface area contributed by atoms with E-state index in [9.17, 15) is 4.39 Å². The van der Waals surface area contributed by atoms with Gasteiger partial charge in [-0.1, -0.05) is 37.5 Å². The number of anilines is 1. The molecule has 0 atom stereocenters. The Hall–Kier alpha value is -2.03. The first-order valence-electron chi connectivity index (χ1n) is 7.60. The summed E-state index contributed by atoms with van der Waals surface area (Å²) in [6, 6.07) is 14.4. The maximum atomic E-state index is 13.1. The van der Waals surface area contributed by atoms with Crippen LogP contribution in [0, 0.1) is 5.82 Å². The van der Waals surface area contributed by atoms with Crippen LogP contribution in [0.15, 0.2) is 48.5 Å². The van der Waals surface area contributed by atoms with Gasteiger partial charge in [-0.2, -0.15) is 0 Å². The minimum atomic E-state index is -0.281. The van der Waals surface area contributed by atoms with Crippen molar-refractivity contribution < 1.29 is 9.23 Å². The van der Waals surface area contributed by atoms with Gasteiger partial charge in [-0.15, -0.1) is 0 Å². The molecule has 0 bridgehead atoms. The van der Waals surface area contributed by atoms with Crippen molar-refractivity contribution in [1.82, 2.24) is 0 Å². The van der Waals surface area contributed by atoms with Gasteiger partial charge in [-0.25, -0.2) is 9.87 Å². The number of hydrogen-bond donors (Lipinski definition) is 1. The summed E-state index contributed by atoms with van der Waals surface area (Å²) in [6.07, 6.45) is 6.63. The highest BCUT2D eigenvalue weighted by Gasteiger charge is 2.15. The predicted molar refractivity (Wildman–Crippen MR) is 82.9 cm³/mol. The summed E-state index contributed by atoms with van der Waals surface area (Å²) >= 11 is 0. The summed E-state index contributed by atoms with van der Waals surface area (Å²) in [6.45, 7) is 0. The number of nitrogens with one attached hydrogen (secondary N) is 1. The fraction of sp³-hybridized carbons (Fsp3) is 0.333. The van der Waals surface area contributed by atoms with Crippen LogP contribution in [0.5, 0.6) is 5.75 Å². The Labute approximate surface area is 124 Å². The molecule has 2 nitrogen and oxygen atoms in total. The van der Waals surface area contributed by atoms with Gasteiger partial charge < -0.3 is 4.84 Å². The molecule has 21 heavy (non-hydrogen) atoms. The average Bonchev–Trinajstić information content (AvgIpc) is 2.54. The monoisotopic (exact) mass is 285 g/mol. The molecule has 0 saturated heterocycles. The molecule has 1 aliphatic carbocycles. The number of benzene rings is 2. The van der Waals surface area contributed by atoms with Gasteiger partial charge in [0.1, 0.15) is 5.82 Å². The molecule has 0 amide bonds. The Morgan fingerprint density at radius 2 is 1.71 bits per heavy atom. The summed E-state index contributed by atoms with van der Waals surface area (Å²) in [5.41, 5.74) is 4.76. The number of hydrogen-bond acceptors (Lipinski definition) is 2. The quantitative estimate of drug-likeness (QED) is 0.772. The van der Waals surface area contributed by atoms with E-state index in [0.29, 0.717) is 11.6 Å². The molecule has 3 rings (SSSR count). The molecule has 0 unspecified atom stereocenters. The average molecular weight is 285 g/mol. The largest absolute Gasteiger partial charge is 0.382 e. The van der Waals surface area contributed by atoms with E-state index in [1.165, 1.54) is 49.8 Å². The van der Waals surface area contributed by atoms with Crippen molar-refractivity contribution in [2.75, 3.05) is 5.48 Å². The van der Waals surface area contributed by atoms with Crippen LogP contribution in [0.2, 0.25) is 0 Å². The van der Waals surface area contributed by atoms with Crippen molar-refractivity contribution in [2.24, 2.45) is 0 Å². The molecular weight excluding hydrogens is 265 g/mol. The van der Waals surface area contributed by atoms with Gasteiger partial charge in [0, 0.05) is 6.07 Å². The van der Waals surface area contributed by atoms with Crippen molar-refractivity contribution in [3.8, 4) is 5.75 Å². The lowest BCUT2D eigenvalue weighted by Crippen LogP contribution is -2.06. The van der Waals surface area contributed by atoms with Crippen LogP contribution < -0.4 is 10.3 Å². The Bertz CT molecular complexity index is 576. The van der Waals surface area contributed by atoms with Gasteiger partial charge in [0.05, 0.1) is 5.69 Å². The fourth-order valence-electron chi connectivity index (χ4n) is 2.91. The van der Waals surface area contributed by atoms with E-state index in [0.717, 1.165) is 5.75 Å². The minimum absolute atomic E-state index is 0.281. The van der Waals surface area contributed by atoms with Gasteiger partial charge in [0.15, 0.2) is 5.75 Å². The molecule has 3 heteroatoms. The van der Waals surface area contributed by atoms with Crippen LogP contribution in [0.25, 0.3) is 0 Å². The number of rotatable bonds is 4. The second-order valence-corrected chi connectivity index (χ2v) is 5.62. The first-order chi connectivity index (χ1) is 10.3. The topological polar surface area (TPSA) is 21.3 Å². The van der Waals surface area contributed by atoms with Crippen molar-refractivity contribution in [1.29, 1.82) is 0 Å². The van der Waals surface area contributed by atoms with Crippen molar-refractivity contribution in [2.45, 2.75) is 38.0 Å². The molecule has 110 valence electrons. The van der Waals surface area contributed by atoms with E-state index in [2.05, 4.69) is 17.6 Å². The Morgan fingerprint density at radius 3 is 2.43 bits per heavy atom. The minimum Gasteiger partial charge on any atom is -0.382 e. The normalized spacial score (nSPS) is 15.7. The summed E-state index contributed by atoms with van der Waals surface area (Å²) in [7, 11) is 0. The van der Waals surface area contributed by atoms with Gasteiger partial charge in [0.2, 0.25) is 0 Å². The standard InChI is InChI=1S/C18H20FNO/c19-16-7-4-8-17(13-16)20-21-18-11-9-15(10-12-18)14-5-2-1-3-6-14/h4,7-14,20H,1-3,5-6H2. The molecule has 1 aliphatic rings. The maximum absolute atomic E-state index is 13.1. The summed E-state index contributed by atoms with van der Waals surface area (Å²) < 4.78 is 13.1. The van der Waals surface area contributed by atoms with Crippen LogP contribution in [-0.4, -0.2) is 0 Å². The summed E-state index contributed by atoms with van der Waals surface area (Å²) in [4.78, 5) is 5.47. The lowest BCUT2D eigenvalue weighted by molar-refractivity contribution is 0.403. The first-order valence-corrected chi connectivity index (χ1v) is 7.60. The Kier molecular flexibility index (Phi) is 4.39.